The molecule has 0 spiro atoms. The van der Waals surface area contributed by atoms with Gasteiger partial charge in [-0.1, -0.05) is 76.6 Å². The lowest BCUT2D eigenvalue weighted by molar-refractivity contribution is -0.419. The van der Waals surface area contributed by atoms with Gasteiger partial charge in [0.15, 0.2) is 6.04 Å². The standard InChI is InChI=1S/C51H75N11O15S/c1-6-27(4)42(61-46(71)37(25-78)60-48(73)41(53)28(5)64)49(74)58-34(21-30-14-16-31(65)17-15-30)45(70)59-35(22-39(52)66)50(75)62-18-10-13-38(62)47(72)57-32(19-26(2)3)44(69)56-33(20-29-11-8-7-9-12-29)43(68)54-23-40(67)55-36(24-63)51(76)77/h7-9,11-12,14-17,26-28,32-38,41-42,63-65,78H,6,10,13,18-25,53H2,1-5H3,(H2,52,66)(H,54,68)(H,55,67)(H,56,69)(H,57,72)(H,58,74)(H,59,70)(H,60,73)(H,61,71)(H,76,77)/p+1/t27-,28+,32-,33-,34-,35-,36-,37-,38-,41-,42-/m0/s1. The Hall–Kier alpha value is -7.36. The number of primary amides is 1. The van der Waals surface area contributed by atoms with E-state index in [2.05, 4.69) is 60.9 Å². The number of carbonyl (C=O) groups excluding carboxylic acids is 10. The lowest BCUT2D eigenvalue weighted by Crippen LogP contribution is -2.73. The monoisotopic (exact) mass is 1110 g/mol. The second-order valence-electron chi connectivity index (χ2n) is 19.6. The minimum Gasteiger partial charge on any atom is -0.508 e. The van der Waals surface area contributed by atoms with Crippen LogP contribution in [0.5, 0.6) is 5.75 Å². The first-order valence-electron chi connectivity index (χ1n) is 25.6. The number of aliphatic hydroxyl groups excluding tert-OH is 2. The number of carboxylic acid groups (broad SMARTS) is 1. The molecule has 10 amide bonds. The van der Waals surface area contributed by atoms with E-state index in [1.54, 1.807) is 58.0 Å². The number of thiol groups is 1. The maximum absolute atomic E-state index is 14.5. The van der Waals surface area contributed by atoms with Crippen LogP contribution < -0.4 is 54.0 Å². The van der Waals surface area contributed by atoms with Gasteiger partial charge in [0, 0.05) is 25.1 Å². The summed E-state index contributed by atoms with van der Waals surface area (Å²) in [6, 6.07) is 1.73. The van der Waals surface area contributed by atoms with Crippen LogP contribution in [0.2, 0.25) is 0 Å². The van der Waals surface area contributed by atoms with Crippen LogP contribution in [0.3, 0.4) is 0 Å². The number of amides is 10. The van der Waals surface area contributed by atoms with Crippen molar-refractivity contribution < 1.29 is 78.9 Å². The van der Waals surface area contributed by atoms with E-state index < -0.39 is 151 Å². The zero-order chi connectivity index (χ0) is 58.4. The van der Waals surface area contributed by atoms with E-state index in [0.29, 0.717) is 17.5 Å². The van der Waals surface area contributed by atoms with Gasteiger partial charge in [0.05, 0.1) is 19.6 Å². The summed E-state index contributed by atoms with van der Waals surface area (Å²) in [5.41, 5.74) is 10.2. The average molecular weight is 1120 g/mol. The molecular formula is C51H76N11O15S+. The van der Waals surface area contributed by atoms with Crippen molar-refractivity contribution in [2.24, 2.45) is 17.6 Å². The molecule has 1 aliphatic heterocycles. The third-order valence-corrected chi connectivity index (χ3v) is 13.3. The zero-order valence-electron chi connectivity index (χ0n) is 44.4. The van der Waals surface area contributed by atoms with Crippen molar-refractivity contribution in [1.29, 1.82) is 0 Å². The maximum atomic E-state index is 14.5. The largest absolute Gasteiger partial charge is 0.508 e. The predicted octanol–water partition coefficient (Wildman–Crippen LogP) is -4.36. The smallest absolute Gasteiger partial charge is 0.328 e. The van der Waals surface area contributed by atoms with Crippen molar-refractivity contribution in [2.45, 2.75) is 140 Å². The topological polar surface area (TPSA) is 422 Å². The van der Waals surface area contributed by atoms with Gasteiger partial charge in [-0.05, 0) is 61.3 Å². The van der Waals surface area contributed by atoms with E-state index in [1.807, 2.05) is 0 Å². The normalized spacial score (nSPS) is 16.9. The first-order valence-corrected chi connectivity index (χ1v) is 26.2. The van der Waals surface area contributed by atoms with Crippen LogP contribution in [0.4, 0.5) is 0 Å². The second kappa shape index (κ2) is 31.8. The summed E-state index contributed by atoms with van der Waals surface area (Å²) in [4.78, 5) is 149. The predicted molar refractivity (Wildman–Crippen MR) is 283 cm³/mol. The number of rotatable bonds is 31. The molecule has 1 heterocycles. The molecule has 430 valence electrons. The van der Waals surface area contributed by atoms with Crippen LogP contribution in [-0.4, -0.2) is 176 Å². The quantitative estimate of drug-likeness (QED) is 0.0318. The van der Waals surface area contributed by atoms with E-state index in [0.717, 1.165) is 4.90 Å². The van der Waals surface area contributed by atoms with Gasteiger partial charge >= 0.3 is 5.97 Å². The third-order valence-electron chi connectivity index (χ3n) is 12.9. The Balaban J connectivity index is 1.89. The van der Waals surface area contributed by atoms with Gasteiger partial charge in [-0.15, -0.1) is 0 Å². The van der Waals surface area contributed by atoms with E-state index >= 15 is 0 Å². The van der Waals surface area contributed by atoms with Crippen molar-refractivity contribution >= 4 is 77.7 Å². The van der Waals surface area contributed by atoms with Crippen molar-refractivity contribution in [3.8, 4) is 5.75 Å². The number of phenolic OH excluding ortho intramolecular Hbond substituents is 1. The van der Waals surface area contributed by atoms with Crippen molar-refractivity contribution in [3.63, 3.8) is 0 Å². The number of hydrogen-bond acceptors (Lipinski definition) is 15. The highest BCUT2D eigenvalue weighted by Gasteiger charge is 2.41. The number of nitrogens with one attached hydrogen (secondary N) is 8. The van der Waals surface area contributed by atoms with Crippen LogP contribution in [-0.2, 0) is 65.6 Å². The van der Waals surface area contributed by atoms with Gasteiger partial charge in [-0.2, -0.15) is 12.6 Å². The fourth-order valence-electron chi connectivity index (χ4n) is 8.19. The molecule has 2 aromatic carbocycles. The number of nitrogens with two attached hydrogens (primary N) is 1. The van der Waals surface area contributed by atoms with Crippen LogP contribution in [0.25, 0.3) is 0 Å². The van der Waals surface area contributed by atoms with Crippen LogP contribution >= 0.6 is 12.6 Å². The Bertz CT molecular complexity index is 2420. The molecule has 1 saturated heterocycles. The fraction of sp³-hybridized carbons (Fsp3) is 0.549. The molecule has 0 radical (unpaired) electrons. The number of carboxylic acids is 1. The molecule has 0 aromatic heterocycles. The first kappa shape index (κ1) is 64.9. The minimum absolute atomic E-state index is 0.0341. The third kappa shape index (κ3) is 20.5. The maximum Gasteiger partial charge on any atom is 0.328 e. The number of aliphatic hydroxyl groups is 2. The van der Waals surface area contributed by atoms with Gasteiger partial charge < -0.3 is 79.3 Å². The first-order chi connectivity index (χ1) is 36.8. The Kier molecular flexibility index (Phi) is 26.4. The molecule has 0 aliphatic carbocycles. The van der Waals surface area contributed by atoms with Crippen molar-refractivity contribution in [2.75, 3.05) is 25.4 Å². The van der Waals surface area contributed by atoms with Crippen LogP contribution in [0.15, 0.2) is 54.6 Å². The molecule has 3 rings (SSSR count). The summed E-state index contributed by atoms with van der Waals surface area (Å²) in [6.45, 7) is 6.65. The molecule has 27 heteroatoms. The molecule has 0 bridgehead atoms. The number of phenols is 1. The molecule has 26 nitrogen and oxygen atoms in total. The number of benzene rings is 2. The fourth-order valence-corrected chi connectivity index (χ4v) is 8.44. The summed E-state index contributed by atoms with van der Waals surface area (Å²) in [5.74, 6) is -11.3. The second-order valence-corrected chi connectivity index (χ2v) is 20.0. The molecule has 11 atom stereocenters. The molecule has 17 N–H and O–H groups in total. The van der Waals surface area contributed by atoms with Crippen LogP contribution in [0.1, 0.15) is 77.8 Å². The molecule has 1 aliphatic rings. The lowest BCUT2D eigenvalue weighted by Gasteiger charge is -2.31. The van der Waals surface area contributed by atoms with Gasteiger partial charge in [0.25, 0.3) is 5.91 Å². The minimum atomic E-state index is -1.70. The average Bonchev–Trinajstić information content (AvgIpc) is 3.90. The molecule has 1 fully saturated rings. The zero-order valence-corrected chi connectivity index (χ0v) is 45.3. The lowest BCUT2D eigenvalue weighted by atomic mass is 9.96. The van der Waals surface area contributed by atoms with Gasteiger partial charge in [0.2, 0.25) is 53.2 Å². The Morgan fingerprint density at radius 3 is 1.81 bits per heavy atom. The molecule has 2 aromatic rings. The number of likely N-dealkylation sites (tertiary alicyclic amines) is 1. The SMILES string of the molecule is CC[C@H](C)[C@H](NC(=O)[C@H](CS)NC(=O)[C@@H]([NH3+])[C@@H](C)O)C(=O)N[C@@H](Cc1ccc(O)cc1)C(=O)N[C@@H](CC(N)=O)C(=O)N1CCC[C@H]1C(=O)N[C@@H](CC(C)C)C(=O)N[C@@H](Cc1ccccc1)C(=O)NCC(=O)N[C@@H](CO)C(=O)O. The highest BCUT2D eigenvalue weighted by atomic mass is 32.1. The highest BCUT2D eigenvalue weighted by molar-refractivity contribution is 7.80. The number of carbonyl (C=O) groups is 11. The molecule has 0 unspecified atom stereocenters. The van der Waals surface area contributed by atoms with E-state index in [4.69, 9.17) is 5.73 Å². The number of quaternary nitrogens is 1. The summed E-state index contributed by atoms with van der Waals surface area (Å²) in [7, 11) is 0. The summed E-state index contributed by atoms with van der Waals surface area (Å²) < 4.78 is 0. The molecule has 78 heavy (non-hydrogen) atoms. The molecule has 0 saturated carbocycles. The Morgan fingerprint density at radius 2 is 1.26 bits per heavy atom. The van der Waals surface area contributed by atoms with Crippen LogP contribution in [0, 0.1) is 11.8 Å². The number of aliphatic carboxylic acids is 1. The summed E-state index contributed by atoms with van der Waals surface area (Å²) in [6.07, 6.45) is -1.48. The number of aromatic hydroxyl groups is 1. The van der Waals surface area contributed by atoms with Gasteiger partial charge in [-0.25, -0.2) is 4.79 Å². The van der Waals surface area contributed by atoms with Crippen molar-refractivity contribution in [1.82, 2.24) is 47.4 Å². The van der Waals surface area contributed by atoms with Crippen molar-refractivity contribution in [3.05, 3.63) is 65.7 Å². The highest BCUT2D eigenvalue weighted by Crippen LogP contribution is 2.21. The number of nitrogens with zero attached hydrogens (tertiary/aromatic N) is 1. The Labute approximate surface area is 457 Å². The summed E-state index contributed by atoms with van der Waals surface area (Å²) >= 11 is 4.18. The number of hydrogen-bond donors (Lipinski definition) is 15. The Morgan fingerprint density at radius 1 is 0.705 bits per heavy atom. The molecular weight excluding hydrogens is 1040 g/mol. The van der Waals surface area contributed by atoms with Gasteiger partial charge in [-0.3, -0.25) is 47.9 Å². The van der Waals surface area contributed by atoms with Gasteiger partial charge in [0.1, 0.15) is 60.2 Å². The van der Waals surface area contributed by atoms with E-state index in [1.165, 1.54) is 31.2 Å². The van der Waals surface area contributed by atoms with E-state index in [-0.39, 0.29) is 56.1 Å². The summed E-state index contributed by atoms with van der Waals surface area (Å²) in [5, 5.41) is 58.3. The van der Waals surface area contributed by atoms with E-state index in [9.17, 15) is 73.2 Å².